The highest BCUT2D eigenvalue weighted by atomic mass is 16.5. The SMILES string of the molecule is CCO[C@@H]1CN(CCc2ccccc2)CC=C1c1ccc(OCc2ccccc2)cc1. The highest BCUT2D eigenvalue weighted by Gasteiger charge is 2.24. The van der Waals surface area contributed by atoms with Crippen molar-refractivity contribution in [2.45, 2.75) is 26.1 Å². The van der Waals surface area contributed by atoms with Crippen molar-refractivity contribution in [2.24, 2.45) is 0 Å². The number of hydrogen-bond donors (Lipinski definition) is 0. The highest BCUT2D eigenvalue weighted by Crippen LogP contribution is 2.27. The van der Waals surface area contributed by atoms with E-state index >= 15 is 0 Å². The van der Waals surface area contributed by atoms with Crippen molar-refractivity contribution in [3.05, 3.63) is 108 Å². The maximum absolute atomic E-state index is 6.13. The number of rotatable bonds is 9. The van der Waals surface area contributed by atoms with Crippen LogP contribution in [0.4, 0.5) is 0 Å². The molecular formula is C28H31NO2. The van der Waals surface area contributed by atoms with Crippen LogP contribution in [0.3, 0.4) is 0 Å². The van der Waals surface area contributed by atoms with E-state index in [4.69, 9.17) is 9.47 Å². The van der Waals surface area contributed by atoms with Crippen LogP contribution in [-0.2, 0) is 17.8 Å². The Morgan fingerprint density at radius 1 is 0.839 bits per heavy atom. The Balaban J connectivity index is 1.38. The van der Waals surface area contributed by atoms with Gasteiger partial charge in [0.2, 0.25) is 0 Å². The van der Waals surface area contributed by atoms with Crippen LogP contribution in [0.25, 0.3) is 5.57 Å². The van der Waals surface area contributed by atoms with Gasteiger partial charge < -0.3 is 9.47 Å². The van der Waals surface area contributed by atoms with Gasteiger partial charge in [-0.25, -0.2) is 0 Å². The molecule has 0 spiro atoms. The lowest BCUT2D eigenvalue weighted by Crippen LogP contribution is -2.40. The quantitative estimate of drug-likeness (QED) is 0.455. The third-order valence-corrected chi connectivity index (χ3v) is 5.70. The van der Waals surface area contributed by atoms with Gasteiger partial charge in [0.15, 0.2) is 0 Å². The van der Waals surface area contributed by atoms with Gasteiger partial charge in [0, 0.05) is 26.2 Å². The summed E-state index contributed by atoms with van der Waals surface area (Å²) >= 11 is 0. The lowest BCUT2D eigenvalue weighted by Gasteiger charge is -2.33. The maximum Gasteiger partial charge on any atom is 0.119 e. The molecule has 1 heterocycles. The van der Waals surface area contributed by atoms with Crippen LogP contribution in [-0.4, -0.2) is 37.2 Å². The van der Waals surface area contributed by atoms with Gasteiger partial charge in [-0.15, -0.1) is 0 Å². The molecule has 31 heavy (non-hydrogen) atoms. The van der Waals surface area contributed by atoms with Gasteiger partial charge >= 0.3 is 0 Å². The standard InChI is InChI=1S/C28H31NO2/c1-2-30-28-21-29(19-17-23-9-5-3-6-10-23)20-18-27(28)25-13-15-26(16-14-25)31-22-24-11-7-4-8-12-24/h3-16,18,28H,2,17,19-22H2,1H3/t28-/m1/s1. The molecule has 0 fully saturated rings. The Kier molecular flexibility index (Phi) is 7.54. The zero-order valence-corrected chi connectivity index (χ0v) is 18.2. The summed E-state index contributed by atoms with van der Waals surface area (Å²) in [6.07, 6.45) is 3.50. The predicted octanol–water partition coefficient (Wildman–Crippen LogP) is 5.61. The second kappa shape index (κ2) is 10.9. The zero-order valence-electron chi connectivity index (χ0n) is 18.2. The Morgan fingerprint density at radius 3 is 2.19 bits per heavy atom. The molecule has 0 saturated carbocycles. The van der Waals surface area contributed by atoms with Crippen LogP contribution in [0, 0.1) is 0 Å². The summed E-state index contributed by atoms with van der Waals surface area (Å²) in [4.78, 5) is 2.48. The fourth-order valence-corrected chi connectivity index (χ4v) is 4.01. The minimum Gasteiger partial charge on any atom is -0.489 e. The first-order valence-electron chi connectivity index (χ1n) is 11.2. The van der Waals surface area contributed by atoms with E-state index in [-0.39, 0.29) is 6.10 Å². The average molecular weight is 414 g/mol. The van der Waals surface area contributed by atoms with Crippen molar-refractivity contribution in [3.8, 4) is 5.75 Å². The van der Waals surface area contributed by atoms with E-state index in [1.54, 1.807) is 0 Å². The van der Waals surface area contributed by atoms with Crippen LogP contribution in [0.2, 0.25) is 0 Å². The summed E-state index contributed by atoms with van der Waals surface area (Å²) in [6, 6.07) is 29.4. The number of hydrogen-bond acceptors (Lipinski definition) is 3. The molecule has 0 N–H and O–H groups in total. The third kappa shape index (κ3) is 6.06. The maximum atomic E-state index is 6.13. The van der Waals surface area contributed by atoms with Crippen molar-refractivity contribution < 1.29 is 9.47 Å². The van der Waals surface area contributed by atoms with E-state index in [0.717, 1.165) is 31.8 Å². The van der Waals surface area contributed by atoms with Crippen LogP contribution in [0.1, 0.15) is 23.6 Å². The number of benzene rings is 3. The molecule has 3 nitrogen and oxygen atoms in total. The Bertz CT molecular complexity index is 951. The van der Waals surface area contributed by atoms with Crippen molar-refractivity contribution in [1.82, 2.24) is 4.90 Å². The Labute approximate surface area is 185 Å². The van der Waals surface area contributed by atoms with Gasteiger partial charge in [0.05, 0.1) is 6.10 Å². The van der Waals surface area contributed by atoms with Crippen molar-refractivity contribution >= 4 is 5.57 Å². The van der Waals surface area contributed by atoms with Crippen LogP contribution < -0.4 is 4.74 Å². The Morgan fingerprint density at radius 2 is 1.52 bits per heavy atom. The average Bonchev–Trinajstić information content (AvgIpc) is 2.83. The topological polar surface area (TPSA) is 21.7 Å². The molecule has 0 saturated heterocycles. The van der Waals surface area contributed by atoms with Gasteiger partial charge in [-0.3, -0.25) is 4.90 Å². The predicted molar refractivity (Wildman–Crippen MR) is 127 cm³/mol. The summed E-state index contributed by atoms with van der Waals surface area (Å²) < 4.78 is 12.1. The normalized spacial score (nSPS) is 16.7. The van der Waals surface area contributed by atoms with Crippen LogP contribution >= 0.6 is 0 Å². The molecule has 3 aromatic rings. The summed E-state index contributed by atoms with van der Waals surface area (Å²) in [5.74, 6) is 0.890. The molecule has 0 aliphatic carbocycles. The van der Waals surface area contributed by atoms with Gasteiger partial charge in [-0.05, 0) is 47.7 Å². The molecule has 0 aromatic heterocycles. The van der Waals surface area contributed by atoms with Crippen molar-refractivity contribution in [3.63, 3.8) is 0 Å². The first kappa shape index (κ1) is 21.4. The van der Waals surface area contributed by atoms with Crippen molar-refractivity contribution in [2.75, 3.05) is 26.2 Å². The molecule has 1 atom stereocenters. The van der Waals surface area contributed by atoms with E-state index in [2.05, 4.69) is 84.6 Å². The van der Waals surface area contributed by atoms with Gasteiger partial charge in [-0.2, -0.15) is 0 Å². The molecule has 4 rings (SSSR count). The molecule has 0 bridgehead atoms. The second-order valence-electron chi connectivity index (χ2n) is 7.90. The number of ether oxygens (including phenoxy) is 2. The highest BCUT2D eigenvalue weighted by molar-refractivity contribution is 5.70. The molecule has 1 aliphatic rings. The van der Waals surface area contributed by atoms with E-state index in [1.165, 1.54) is 22.3 Å². The summed E-state index contributed by atoms with van der Waals surface area (Å²) in [6.45, 7) is 6.30. The lowest BCUT2D eigenvalue weighted by atomic mass is 9.96. The molecule has 1 aliphatic heterocycles. The summed E-state index contributed by atoms with van der Waals surface area (Å²) in [5, 5.41) is 0. The fourth-order valence-electron chi connectivity index (χ4n) is 4.01. The van der Waals surface area contributed by atoms with Gasteiger partial charge in [0.25, 0.3) is 0 Å². The minimum atomic E-state index is 0.102. The van der Waals surface area contributed by atoms with E-state index in [9.17, 15) is 0 Å². The van der Waals surface area contributed by atoms with E-state index in [0.29, 0.717) is 13.2 Å². The van der Waals surface area contributed by atoms with Gasteiger partial charge in [-0.1, -0.05) is 78.9 Å². The Hall–Kier alpha value is -2.88. The minimum absolute atomic E-state index is 0.102. The molecular weight excluding hydrogens is 382 g/mol. The summed E-state index contributed by atoms with van der Waals surface area (Å²) in [7, 11) is 0. The van der Waals surface area contributed by atoms with Crippen LogP contribution in [0.15, 0.2) is 91.0 Å². The van der Waals surface area contributed by atoms with Crippen molar-refractivity contribution in [1.29, 1.82) is 0 Å². The monoisotopic (exact) mass is 413 g/mol. The van der Waals surface area contributed by atoms with Gasteiger partial charge in [0.1, 0.15) is 12.4 Å². The molecule has 0 radical (unpaired) electrons. The molecule has 0 amide bonds. The molecule has 3 heteroatoms. The second-order valence-corrected chi connectivity index (χ2v) is 7.90. The van der Waals surface area contributed by atoms with E-state index < -0.39 is 0 Å². The fraction of sp³-hybridized carbons (Fsp3) is 0.286. The smallest absolute Gasteiger partial charge is 0.119 e. The molecule has 160 valence electrons. The summed E-state index contributed by atoms with van der Waals surface area (Å²) in [5.41, 5.74) is 5.06. The first-order valence-corrected chi connectivity index (χ1v) is 11.2. The molecule has 0 unspecified atom stereocenters. The van der Waals surface area contributed by atoms with E-state index in [1.807, 2.05) is 18.2 Å². The lowest BCUT2D eigenvalue weighted by molar-refractivity contribution is 0.0679. The largest absolute Gasteiger partial charge is 0.489 e. The first-order chi connectivity index (χ1) is 15.3. The number of nitrogens with zero attached hydrogens (tertiary/aromatic N) is 1. The molecule has 3 aromatic carbocycles. The van der Waals surface area contributed by atoms with Crippen LogP contribution in [0.5, 0.6) is 5.75 Å². The zero-order chi connectivity index (χ0) is 21.3. The third-order valence-electron chi connectivity index (χ3n) is 5.70.